The van der Waals surface area contributed by atoms with Crippen LogP contribution in [0.15, 0.2) is 25.4 Å². The van der Waals surface area contributed by atoms with E-state index in [9.17, 15) is 9.59 Å². The number of amides is 2. The van der Waals surface area contributed by atoms with Gasteiger partial charge in [0.05, 0.1) is 12.7 Å². The topological polar surface area (TPSA) is 99.1 Å². The molecule has 3 N–H and O–H groups in total. The quantitative estimate of drug-likeness (QED) is 0.382. The number of imide groups is 1. The number of aliphatic hydroxyl groups is 2. The third kappa shape index (κ3) is 9.28. The van der Waals surface area contributed by atoms with Crippen LogP contribution in [0.1, 0.15) is 20.3 Å². The molecule has 0 aliphatic carbocycles. The number of nitrogens with one attached hydrogen (secondary N) is 1. The molecule has 0 bridgehead atoms. The average Bonchev–Trinajstić information content (AvgIpc) is 2.89. The van der Waals surface area contributed by atoms with Crippen molar-refractivity contribution in [3.8, 4) is 0 Å². The van der Waals surface area contributed by atoms with Crippen LogP contribution in [0.4, 0.5) is 0 Å². The number of hydrogen-bond donors (Lipinski definition) is 3. The number of aliphatic hydroxyl groups excluding tert-OH is 2. The van der Waals surface area contributed by atoms with E-state index in [-0.39, 0.29) is 31.5 Å². The minimum Gasteiger partial charge on any atom is -0.397 e. The number of hydrogen-bond acceptors (Lipinski definition) is 6. The van der Waals surface area contributed by atoms with Crippen molar-refractivity contribution in [3.05, 3.63) is 25.4 Å². The van der Waals surface area contributed by atoms with Crippen molar-refractivity contribution >= 4 is 12.3 Å². The number of carbonyl (C=O) groups is 2. The van der Waals surface area contributed by atoms with Crippen molar-refractivity contribution in [2.75, 3.05) is 20.3 Å². The van der Waals surface area contributed by atoms with E-state index in [2.05, 4.69) is 13.2 Å². The van der Waals surface area contributed by atoms with E-state index in [4.69, 9.17) is 14.9 Å². The van der Waals surface area contributed by atoms with Crippen molar-refractivity contribution in [1.82, 2.24) is 10.2 Å². The monoisotopic (exact) mass is 316 g/mol. The van der Waals surface area contributed by atoms with Crippen molar-refractivity contribution in [3.63, 3.8) is 0 Å². The zero-order valence-corrected chi connectivity index (χ0v) is 13.6. The Hall–Kier alpha value is -1.70. The summed E-state index contributed by atoms with van der Waals surface area (Å²) in [6.07, 6.45) is 3.64. The molecule has 0 aromatic heterocycles. The van der Waals surface area contributed by atoms with Crippen molar-refractivity contribution in [2.45, 2.75) is 32.6 Å². The largest absolute Gasteiger partial charge is 0.397 e. The number of nitrogens with zero attached hydrogens (tertiary/aromatic N) is 1. The van der Waals surface area contributed by atoms with Crippen molar-refractivity contribution in [1.29, 1.82) is 0 Å². The van der Waals surface area contributed by atoms with Gasteiger partial charge >= 0.3 is 0 Å². The fourth-order valence-electron chi connectivity index (χ4n) is 1.91. The Labute approximate surface area is 132 Å². The lowest BCUT2D eigenvalue weighted by molar-refractivity contribution is -0.121. The zero-order chi connectivity index (χ0) is 17.5. The van der Waals surface area contributed by atoms with Crippen LogP contribution in [0.2, 0.25) is 0 Å². The van der Waals surface area contributed by atoms with Gasteiger partial charge in [-0.1, -0.05) is 6.92 Å². The van der Waals surface area contributed by atoms with Crippen LogP contribution in [0.25, 0.3) is 0 Å². The lowest BCUT2D eigenvalue weighted by Crippen LogP contribution is -2.32. The van der Waals surface area contributed by atoms with E-state index in [1.807, 2.05) is 12.2 Å². The molecule has 1 rings (SSSR count). The van der Waals surface area contributed by atoms with Gasteiger partial charge in [0.15, 0.2) is 0 Å². The van der Waals surface area contributed by atoms with Crippen LogP contribution >= 0.6 is 0 Å². The zero-order valence-electron chi connectivity index (χ0n) is 13.6. The molecule has 0 aromatic carbocycles. The van der Waals surface area contributed by atoms with Crippen LogP contribution in [0.5, 0.6) is 0 Å². The fraction of sp³-hybridized carbons (Fsp3) is 0.600. The first-order valence-corrected chi connectivity index (χ1v) is 7.01. The molecule has 0 saturated carbocycles. The molecular weight excluding hydrogens is 288 g/mol. The third-order valence-corrected chi connectivity index (χ3v) is 2.72. The maximum absolute atomic E-state index is 11.0. The summed E-state index contributed by atoms with van der Waals surface area (Å²) in [5.74, 6) is -0.202. The van der Waals surface area contributed by atoms with E-state index in [0.717, 1.165) is 6.42 Å². The van der Waals surface area contributed by atoms with Gasteiger partial charge in [-0.2, -0.15) is 0 Å². The number of carbonyl (C=O) groups excluding carboxylic acids is 2. The first-order valence-electron chi connectivity index (χ1n) is 7.01. The standard InChI is InChI=1S/C11H18N2O4.C2H6O.C2H4/c1-8-5-9(6-14)17-11(8)13(2)4-3-10(16)12-7-15;1-2-3;1-2/h3-4,7-9,11,14H,5-6H2,1-2H3,(H,12,15,16);3H,2H2,1H3;1-2H2/b4-3-;;. The van der Waals surface area contributed by atoms with Crippen LogP contribution in [-0.4, -0.2) is 60.0 Å². The summed E-state index contributed by atoms with van der Waals surface area (Å²) in [5.41, 5.74) is 0. The molecule has 7 nitrogen and oxygen atoms in total. The minimum absolute atomic E-state index is 0.00399. The molecule has 7 heteroatoms. The maximum atomic E-state index is 11.0. The van der Waals surface area contributed by atoms with Gasteiger partial charge in [0, 0.05) is 31.8 Å². The molecule has 22 heavy (non-hydrogen) atoms. The van der Waals surface area contributed by atoms with E-state index < -0.39 is 5.91 Å². The highest BCUT2D eigenvalue weighted by Gasteiger charge is 2.33. The van der Waals surface area contributed by atoms with Crippen LogP contribution < -0.4 is 5.32 Å². The summed E-state index contributed by atoms with van der Waals surface area (Å²) in [6.45, 7) is 9.96. The molecule has 1 aliphatic heterocycles. The van der Waals surface area contributed by atoms with Crippen molar-refractivity contribution in [2.24, 2.45) is 5.92 Å². The molecular formula is C15H28N2O5. The Morgan fingerprint density at radius 2 is 2.00 bits per heavy atom. The third-order valence-electron chi connectivity index (χ3n) is 2.72. The van der Waals surface area contributed by atoms with Crippen LogP contribution in [0, 0.1) is 5.92 Å². The minimum atomic E-state index is -0.476. The second-order valence-corrected chi connectivity index (χ2v) is 4.47. The molecule has 1 fully saturated rings. The fourth-order valence-corrected chi connectivity index (χ4v) is 1.91. The Bertz CT molecular complexity index is 336. The Kier molecular flexibility index (Phi) is 14.6. The van der Waals surface area contributed by atoms with Gasteiger partial charge in [0.25, 0.3) is 5.91 Å². The molecule has 0 aromatic rings. The Morgan fingerprint density at radius 3 is 2.41 bits per heavy atom. The van der Waals surface area contributed by atoms with Gasteiger partial charge < -0.3 is 19.8 Å². The SMILES string of the molecule is C=C.CC1CC(CO)OC1N(C)/C=C\C(=O)NC=O.CCO. The van der Waals surface area contributed by atoms with Gasteiger partial charge in [0.2, 0.25) is 6.41 Å². The van der Waals surface area contributed by atoms with Crippen LogP contribution in [0.3, 0.4) is 0 Å². The summed E-state index contributed by atoms with van der Waals surface area (Å²) in [4.78, 5) is 22.8. The predicted molar refractivity (Wildman–Crippen MR) is 84.7 cm³/mol. The second kappa shape index (κ2) is 14.2. The van der Waals surface area contributed by atoms with Crippen molar-refractivity contribution < 1.29 is 24.5 Å². The second-order valence-electron chi connectivity index (χ2n) is 4.47. The molecule has 1 heterocycles. The van der Waals surface area contributed by atoms with E-state index in [0.29, 0.717) is 6.41 Å². The van der Waals surface area contributed by atoms with Gasteiger partial charge in [-0.05, 0) is 13.3 Å². The molecule has 3 unspecified atom stereocenters. The summed E-state index contributed by atoms with van der Waals surface area (Å²) in [7, 11) is 1.78. The summed E-state index contributed by atoms with van der Waals surface area (Å²) in [5, 5.41) is 18.6. The molecule has 0 spiro atoms. The highest BCUT2D eigenvalue weighted by atomic mass is 16.5. The number of ether oxygens (including phenoxy) is 1. The van der Waals surface area contributed by atoms with E-state index in [1.165, 1.54) is 6.08 Å². The van der Waals surface area contributed by atoms with E-state index >= 15 is 0 Å². The highest BCUT2D eigenvalue weighted by Crippen LogP contribution is 2.27. The Morgan fingerprint density at radius 1 is 1.45 bits per heavy atom. The highest BCUT2D eigenvalue weighted by molar-refractivity contribution is 5.94. The lowest BCUT2D eigenvalue weighted by Gasteiger charge is -2.25. The predicted octanol–water partition coefficient (Wildman–Crippen LogP) is 0.249. The van der Waals surface area contributed by atoms with Gasteiger partial charge in [0.1, 0.15) is 6.23 Å². The maximum Gasteiger partial charge on any atom is 0.251 e. The van der Waals surface area contributed by atoms with Gasteiger partial charge in [-0.25, -0.2) is 0 Å². The average molecular weight is 316 g/mol. The normalized spacial score (nSPS) is 22.9. The molecule has 1 saturated heterocycles. The molecule has 0 radical (unpaired) electrons. The summed E-state index contributed by atoms with van der Waals surface area (Å²) < 4.78 is 5.60. The first-order chi connectivity index (χ1) is 10.5. The van der Waals surface area contributed by atoms with Crippen LogP contribution in [-0.2, 0) is 14.3 Å². The summed E-state index contributed by atoms with van der Waals surface area (Å²) in [6, 6.07) is 0. The lowest BCUT2D eigenvalue weighted by atomic mass is 10.1. The molecule has 2 amide bonds. The molecule has 3 atom stereocenters. The van der Waals surface area contributed by atoms with Gasteiger partial charge in [-0.15, -0.1) is 13.2 Å². The smallest absolute Gasteiger partial charge is 0.251 e. The Balaban J connectivity index is 0. The number of rotatable bonds is 5. The summed E-state index contributed by atoms with van der Waals surface area (Å²) >= 11 is 0. The van der Waals surface area contributed by atoms with Gasteiger partial charge in [-0.3, -0.25) is 14.9 Å². The van der Waals surface area contributed by atoms with E-state index in [1.54, 1.807) is 25.1 Å². The first kappa shape index (κ1) is 22.6. The molecule has 128 valence electrons. The molecule has 1 aliphatic rings.